The van der Waals surface area contributed by atoms with Crippen molar-refractivity contribution in [2.45, 2.75) is 71.9 Å². The van der Waals surface area contributed by atoms with Gasteiger partial charge in [0.1, 0.15) is 6.04 Å². The number of anilines is 1. The fourth-order valence-electron chi connectivity index (χ4n) is 5.21. The zero-order valence-electron chi connectivity index (χ0n) is 23.1. The maximum atomic E-state index is 13.1. The number of benzene rings is 3. The summed E-state index contributed by atoms with van der Waals surface area (Å²) in [5, 5.41) is 12.6. The Labute approximate surface area is 231 Å². The van der Waals surface area contributed by atoms with E-state index in [1.54, 1.807) is 0 Å². The van der Waals surface area contributed by atoms with Gasteiger partial charge in [-0.15, -0.1) is 0 Å². The lowest BCUT2D eigenvalue weighted by atomic mass is 10.00. The normalized spacial score (nSPS) is 13.4. The van der Waals surface area contributed by atoms with Gasteiger partial charge in [-0.25, -0.2) is 4.79 Å². The van der Waals surface area contributed by atoms with Gasteiger partial charge in [0.2, 0.25) is 0 Å². The van der Waals surface area contributed by atoms with Gasteiger partial charge >= 0.3 is 5.97 Å². The first kappa shape index (κ1) is 28.1. The highest BCUT2D eigenvalue weighted by Crippen LogP contribution is 2.31. The van der Waals surface area contributed by atoms with Crippen LogP contribution in [-0.2, 0) is 17.8 Å². The largest absolute Gasteiger partial charge is 0.480 e. The molecule has 1 aliphatic rings. The Morgan fingerprint density at radius 1 is 0.897 bits per heavy atom. The molecule has 0 aliphatic carbocycles. The first-order valence-corrected chi connectivity index (χ1v) is 14.0. The molecule has 2 N–H and O–H groups in total. The maximum absolute atomic E-state index is 13.1. The quantitative estimate of drug-likeness (QED) is 0.245. The standard InChI is InChI=1S/C33H38N2O4/c1-4-5-6-7-8-9-23-10-12-25(13-11-23)31(36)34-28-18-16-24(17-19-28)26-14-15-27-21-35(32(37)29(27)20-26)30(22(2)3)33(38)39/h10-20,22,30H,4-9,21H2,1-3H3,(H,34,36)(H,38,39). The average Bonchev–Trinajstić information content (AvgIpc) is 3.24. The first-order chi connectivity index (χ1) is 18.8. The second-order valence-electron chi connectivity index (χ2n) is 10.7. The minimum absolute atomic E-state index is 0.154. The molecule has 6 heteroatoms. The van der Waals surface area contributed by atoms with E-state index in [-0.39, 0.29) is 17.7 Å². The fourth-order valence-corrected chi connectivity index (χ4v) is 5.21. The lowest BCUT2D eigenvalue weighted by molar-refractivity contribution is -0.144. The van der Waals surface area contributed by atoms with Gasteiger partial charge in [0, 0.05) is 23.4 Å². The maximum Gasteiger partial charge on any atom is 0.326 e. The number of aliphatic carboxylic acids is 1. The predicted octanol–water partition coefficient (Wildman–Crippen LogP) is 7.18. The van der Waals surface area contributed by atoms with Crippen LogP contribution in [0.4, 0.5) is 5.69 Å². The number of amides is 2. The summed E-state index contributed by atoms with van der Waals surface area (Å²) in [5.74, 6) is -1.59. The van der Waals surface area contributed by atoms with Gasteiger partial charge in [0.05, 0.1) is 0 Å². The van der Waals surface area contributed by atoms with E-state index < -0.39 is 12.0 Å². The summed E-state index contributed by atoms with van der Waals surface area (Å²) in [5.41, 5.74) is 5.71. The van der Waals surface area contributed by atoms with Crippen LogP contribution in [0.1, 0.15) is 84.7 Å². The van der Waals surface area contributed by atoms with Crippen LogP contribution in [-0.4, -0.2) is 33.8 Å². The number of unbranched alkanes of at least 4 members (excludes halogenated alkanes) is 4. The van der Waals surface area contributed by atoms with E-state index in [1.165, 1.54) is 42.6 Å². The molecule has 0 saturated heterocycles. The second-order valence-corrected chi connectivity index (χ2v) is 10.7. The van der Waals surface area contributed by atoms with E-state index in [1.807, 2.05) is 80.6 Å². The third-order valence-electron chi connectivity index (χ3n) is 7.42. The van der Waals surface area contributed by atoms with Crippen molar-refractivity contribution < 1.29 is 19.5 Å². The van der Waals surface area contributed by atoms with Gasteiger partial charge in [-0.1, -0.05) is 82.9 Å². The molecule has 0 saturated carbocycles. The van der Waals surface area contributed by atoms with Crippen molar-refractivity contribution in [1.82, 2.24) is 4.90 Å². The van der Waals surface area contributed by atoms with Crippen molar-refractivity contribution in [2.24, 2.45) is 5.92 Å². The smallest absolute Gasteiger partial charge is 0.326 e. The van der Waals surface area contributed by atoms with Crippen molar-refractivity contribution in [3.05, 3.63) is 89.0 Å². The molecule has 0 bridgehead atoms. The van der Waals surface area contributed by atoms with Gasteiger partial charge < -0.3 is 15.3 Å². The molecule has 4 rings (SSSR count). The second kappa shape index (κ2) is 12.7. The van der Waals surface area contributed by atoms with Crippen LogP contribution in [0, 0.1) is 5.92 Å². The molecular formula is C33H38N2O4. The van der Waals surface area contributed by atoms with Gasteiger partial charge in [-0.2, -0.15) is 0 Å². The van der Waals surface area contributed by atoms with Crippen LogP contribution in [0.2, 0.25) is 0 Å². The molecule has 0 aromatic heterocycles. The topological polar surface area (TPSA) is 86.7 Å². The van der Waals surface area contributed by atoms with Gasteiger partial charge in [-0.05, 0) is 71.3 Å². The lowest BCUT2D eigenvalue weighted by Crippen LogP contribution is -2.44. The van der Waals surface area contributed by atoms with Crippen LogP contribution in [0.5, 0.6) is 0 Å². The van der Waals surface area contributed by atoms with Crippen LogP contribution < -0.4 is 5.32 Å². The summed E-state index contributed by atoms with van der Waals surface area (Å²) in [6.07, 6.45) is 7.28. The molecule has 1 heterocycles. The lowest BCUT2D eigenvalue weighted by Gasteiger charge is -2.27. The number of carbonyl (C=O) groups is 3. The number of carboxylic acid groups (broad SMARTS) is 1. The van der Waals surface area contributed by atoms with Crippen molar-refractivity contribution in [2.75, 3.05) is 5.32 Å². The molecule has 2 amide bonds. The number of nitrogens with zero attached hydrogens (tertiary/aromatic N) is 1. The molecule has 0 spiro atoms. The fraction of sp³-hybridized carbons (Fsp3) is 0.364. The summed E-state index contributed by atoms with van der Waals surface area (Å²) in [6.45, 7) is 6.14. The number of aryl methyl sites for hydroxylation is 1. The van der Waals surface area contributed by atoms with Crippen molar-refractivity contribution in [3.63, 3.8) is 0 Å². The van der Waals surface area contributed by atoms with Crippen LogP contribution >= 0.6 is 0 Å². The van der Waals surface area contributed by atoms with Gasteiger partial charge in [0.15, 0.2) is 0 Å². The molecule has 3 aromatic rings. The molecule has 0 radical (unpaired) electrons. The van der Waals surface area contributed by atoms with Crippen molar-refractivity contribution in [1.29, 1.82) is 0 Å². The third kappa shape index (κ3) is 6.75. The van der Waals surface area contributed by atoms with Crippen LogP contribution in [0.15, 0.2) is 66.7 Å². The minimum Gasteiger partial charge on any atom is -0.480 e. The zero-order chi connectivity index (χ0) is 27.9. The van der Waals surface area contributed by atoms with E-state index in [0.717, 1.165) is 23.1 Å². The summed E-state index contributed by atoms with van der Waals surface area (Å²) in [6, 6.07) is 20.1. The molecule has 0 fully saturated rings. The number of carbonyl (C=O) groups excluding carboxylic acids is 2. The van der Waals surface area contributed by atoms with Crippen LogP contribution in [0.25, 0.3) is 11.1 Å². The molecule has 39 heavy (non-hydrogen) atoms. The number of carboxylic acids is 1. The monoisotopic (exact) mass is 526 g/mol. The van der Waals surface area contributed by atoms with Gasteiger partial charge in [-0.3, -0.25) is 9.59 Å². The first-order valence-electron chi connectivity index (χ1n) is 14.0. The zero-order valence-corrected chi connectivity index (χ0v) is 23.1. The number of hydrogen-bond donors (Lipinski definition) is 2. The molecule has 3 aromatic carbocycles. The Hall–Kier alpha value is -3.93. The highest BCUT2D eigenvalue weighted by molar-refractivity contribution is 6.04. The summed E-state index contributed by atoms with van der Waals surface area (Å²) < 4.78 is 0. The van der Waals surface area contributed by atoms with Gasteiger partial charge in [0.25, 0.3) is 11.8 Å². The minimum atomic E-state index is -0.988. The Morgan fingerprint density at radius 3 is 2.21 bits per heavy atom. The predicted molar refractivity (Wildman–Crippen MR) is 155 cm³/mol. The Bertz CT molecular complexity index is 1310. The molecule has 1 aliphatic heterocycles. The number of fused-ring (bicyclic) bond motifs is 1. The Balaban J connectivity index is 1.38. The summed E-state index contributed by atoms with van der Waals surface area (Å²) >= 11 is 0. The number of nitrogens with one attached hydrogen (secondary N) is 1. The van der Waals surface area contributed by atoms with E-state index in [2.05, 4.69) is 12.2 Å². The Kier molecular flexibility index (Phi) is 9.18. The van der Waals surface area contributed by atoms with Crippen molar-refractivity contribution in [3.8, 4) is 11.1 Å². The molecule has 1 atom stereocenters. The summed E-state index contributed by atoms with van der Waals surface area (Å²) in [4.78, 5) is 39.0. The Morgan fingerprint density at radius 2 is 1.56 bits per heavy atom. The van der Waals surface area contributed by atoms with E-state index in [0.29, 0.717) is 23.4 Å². The molecular weight excluding hydrogens is 488 g/mol. The molecule has 1 unspecified atom stereocenters. The van der Waals surface area contributed by atoms with E-state index in [4.69, 9.17) is 0 Å². The highest BCUT2D eigenvalue weighted by Gasteiger charge is 2.38. The molecule has 6 nitrogen and oxygen atoms in total. The number of hydrogen-bond acceptors (Lipinski definition) is 3. The van der Waals surface area contributed by atoms with Crippen LogP contribution in [0.3, 0.4) is 0 Å². The van der Waals surface area contributed by atoms with E-state index in [9.17, 15) is 19.5 Å². The summed E-state index contributed by atoms with van der Waals surface area (Å²) in [7, 11) is 0. The SMILES string of the molecule is CCCCCCCc1ccc(C(=O)Nc2ccc(-c3ccc4c(c3)C(=O)N(C(C(=O)O)C(C)C)C4)cc2)cc1. The average molecular weight is 527 g/mol. The highest BCUT2D eigenvalue weighted by atomic mass is 16.4. The number of rotatable bonds is 12. The van der Waals surface area contributed by atoms with E-state index >= 15 is 0 Å². The molecule has 204 valence electrons. The van der Waals surface area contributed by atoms with Crippen molar-refractivity contribution >= 4 is 23.5 Å². The third-order valence-corrected chi connectivity index (χ3v) is 7.42.